The maximum atomic E-state index is 6.96. The second-order valence-electron chi connectivity index (χ2n) is 18.2. The molecular formula is C46H43B2NO. The number of nitrogens with zero attached hydrogens (tertiary/aromatic N) is 1. The molecule has 6 aromatic rings. The Morgan fingerprint density at radius 1 is 0.460 bits per heavy atom. The summed E-state index contributed by atoms with van der Waals surface area (Å²) in [6.07, 6.45) is 0. The van der Waals surface area contributed by atoms with Gasteiger partial charge in [-0.2, -0.15) is 0 Å². The molecule has 4 aliphatic rings. The molecule has 0 amide bonds. The van der Waals surface area contributed by atoms with Crippen molar-refractivity contribution in [1.82, 2.24) is 0 Å². The van der Waals surface area contributed by atoms with Gasteiger partial charge in [0.25, 0.3) is 6.71 Å². The molecule has 0 fully saturated rings. The Morgan fingerprint density at radius 2 is 1.02 bits per heavy atom. The number of rotatable bonds is 0. The van der Waals surface area contributed by atoms with Gasteiger partial charge in [-0.05, 0) is 106 Å². The summed E-state index contributed by atoms with van der Waals surface area (Å²) in [5, 5.41) is 2.46. The molecule has 0 bridgehead atoms. The van der Waals surface area contributed by atoms with Crippen LogP contribution in [0.2, 0.25) is 0 Å². The molecule has 244 valence electrons. The van der Waals surface area contributed by atoms with Gasteiger partial charge in [-0.3, -0.25) is 0 Å². The highest BCUT2D eigenvalue weighted by Gasteiger charge is 2.52. The Hall–Kier alpha value is -4.69. The van der Waals surface area contributed by atoms with E-state index < -0.39 is 0 Å². The van der Waals surface area contributed by atoms with Gasteiger partial charge >= 0.3 is 6.85 Å². The fourth-order valence-corrected chi connectivity index (χ4v) is 9.18. The van der Waals surface area contributed by atoms with E-state index in [1.54, 1.807) is 0 Å². The van der Waals surface area contributed by atoms with Gasteiger partial charge in [-0.15, -0.1) is 0 Å². The van der Waals surface area contributed by atoms with Crippen molar-refractivity contribution < 1.29 is 4.74 Å². The lowest BCUT2D eigenvalue weighted by molar-refractivity contribution is 0.488. The van der Waals surface area contributed by atoms with Crippen molar-refractivity contribution in [3.8, 4) is 33.8 Å². The van der Waals surface area contributed by atoms with E-state index in [0.29, 0.717) is 0 Å². The van der Waals surface area contributed by atoms with Crippen LogP contribution in [0, 0.1) is 0 Å². The summed E-state index contributed by atoms with van der Waals surface area (Å²) in [6, 6.07) is 37.7. The van der Waals surface area contributed by atoms with Crippen LogP contribution >= 0.6 is 0 Å². The smallest absolute Gasteiger partial charge is 0.329 e. The largest absolute Gasteiger partial charge is 0.458 e. The first-order valence-corrected chi connectivity index (χ1v) is 18.3. The molecule has 0 atom stereocenters. The monoisotopic (exact) mass is 647 g/mol. The van der Waals surface area contributed by atoms with Gasteiger partial charge in [0.05, 0.1) is 0 Å². The van der Waals surface area contributed by atoms with E-state index in [1.807, 2.05) is 0 Å². The molecule has 4 heteroatoms. The van der Waals surface area contributed by atoms with Gasteiger partial charge < -0.3 is 9.55 Å². The molecule has 4 heterocycles. The lowest BCUT2D eigenvalue weighted by atomic mass is 9.31. The van der Waals surface area contributed by atoms with Gasteiger partial charge in [0.1, 0.15) is 11.5 Å². The van der Waals surface area contributed by atoms with Crippen molar-refractivity contribution in [2.75, 3.05) is 4.81 Å². The molecule has 0 aromatic heterocycles. The second kappa shape index (κ2) is 9.55. The molecule has 10 rings (SSSR count). The lowest BCUT2D eigenvalue weighted by Gasteiger charge is -2.50. The van der Waals surface area contributed by atoms with E-state index in [4.69, 9.17) is 4.74 Å². The Kier molecular flexibility index (Phi) is 5.76. The standard InChI is InChI=1S/C46H43B2NO/c1-44(2,3)28-14-16-31-33-18-19-39-41-43(33)49-42-34(32-17-15-29(45(4,5)6)24-36(32)48(49)35(31)23-28)22-30(46(7,8)9)25-38(42)47(41)37-20-26-12-10-11-13-27(26)21-40(37)50-39/h10-25H,1-9H3. The van der Waals surface area contributed by atoms with Crippen LogP contribution in [-0.2, 0) is 16.2 Å². The Balaban J connectivity index is 1.39. The number of ether oxygens (including phenoxy) is 1. The van der Waals surface area contributed by atoms with Gasteiger partial charge in [0.2, 0.25) is 0 Å². The fraction of sp³-hybridized carbons (Fsp3) is 0.261. The number of benzene rings is 6. The molecule has 0 saturated carbocycles. The van der Waals surface area contributed by atoms with Crippen LogP contribution in [0.1, 0.15) is 79.0 Å². The minimum absolute atomic E-state index is 0.0215. The molecule has 2 nitrogen and oxygen atoms in total. The van der Waals surface area contributed by atoms with Crippen molar-refractivity contribution >= 4 is 63.0 Å². The number of anilines is 2. The highest BCUT2D eigenvalue weighted by atomic mass is 16.5. The summed E-state index contributed by atoms with van der Waals surface area (Å²) < 4.78 is 6.96. The van der Waals surface area contributed by atoms with E-state index in [-0.39, 0.29) is 29.8 Å². The highest BCUT2D eigenvalue weighted by Crippen LogP contribution is 2.50. The summed E-state index contributed by atoms with van der Waals surface area (Å²) in [5.74, 6) is 1.95. The molecule has 4 aliphatic heterocycles. The first kappa shape index (κ1) is 30.2. The van der Waals surface area contributed by atoms with Crippen molar-refractivity contribution in [3.05, 3.63) is 114 Å². The third kappa shape index (κ3) is 3.99. The van der Waals surface area contributed by atoms with Crippen LogP contribution < -0.4 is 36.9 Å². The first-order chi connectivity index (χ1) is 23.7. The average Bonchev–Trinajstić information content (AvgIpc) is 3.07. The summed E-state index contributed by atoms with van der Waals surface area (Å²) in [5.41, 5.74) is 19.0. The van der Waals surface area contributed by atoms with E-state index in [9.17, 15) is 0 Å². The van der Waals surface area contributed by atoms with Crippen LogP contribution in [0.3, 0.4) is 0 Å². The van der Waals surface area contributed by atoms with Crippen molar-refractivity contribution in [2.24, 2.45) is 0 Å². The quantitative estimate of drug-likeness (QED) is 0.153. The maximum absolute atomic E-state index is 6.96. The van der Waals surface area contributed by atoms with E-state index >= 15 is 0 Å². The average molecular weight is 647 g/mol. The lowest BCUT2D eigenvalue weighted by Crippen LogP contribution is -2.68. The SMILES string of the molecule is CC(C)(C)c1ccc2c(c1)B1c3cc(C(C)(C)C)ccc3-c3ccc4c5c3N1c1c(cc(C(C)(C)C)cc1-2)B5c1cc2ccccc2cc1O4. The highest BCUT2D eigenvalue weighted by molar-refractivity contribution is 7.03. The van der Waals surface area contributed by atoms with Crippen LogP contribution in [0.15, 0.2) is 97.1 Å². The molecule has 0 spiro atoms. The Morgan fingerprint density at radius 3 is 1.64 bits per heavy atom. The van der Waals surface area contributed by atoms with Crippen LogP contribution in [0.5, 0.6) is 11.5 Å². The predicted octanol–water partition coefficient (Wildman–Crippen LogP) is 8.57. The number of hydrogen-bond donors (Lipinski definition) is 0. The van der Waals surface area contributed by atoms with E-state index in [2.05, 4.69) is 164 Å². The zero-order valence-electron chi connectivity index (χ0n) is 30.7. The Labute approximate surface area is 297 Å². The van der Waals surface area contributed by atoms with E-state index in [0.717, 1.165) is 11.5 Å². The summed E-state index contributed by atoms with van der Waals surface area (Å²) in [7, 11) is 0. The molecule has 0 aliphatic carbocycles. The van der Waals surface area contributed by atoms with Gasteiger partial charge in [-0.1, -0.05) is 135 Å². The topological polar surface area (TPSA) is 12.5 Å². The molecule has 6 aromatic carbocycles. The second-order valence-corrected chi connectivity index (χ2v) is 18.2. The third-order valence-corrected chi connectivity index (χ3v) is 11.9. The molecule has 50 heavy (non-hydrogen) atoms. The fourth-order valence-electron chi connectivity index (χ4n) is 9.18. The van der Waals surface area contributed by atoms with Gasteiger partial charge in [0, 0.05) is 22.5 Å². The minimum Gasteiger partial charge on any atom is -0.458 e. The minimum atomic E-state index is -0.0215. The molecular weight excluding hydrogens is 604 g/mol. The molecule has 0 unspecified atom stereocenters. The molecule has 0 saturated heterocycles. The zero-order valence-corrected chi connectivity index (χ0v) is 30.7. The van der Waals surface area contributed by atoms with Crippen LogP contribution in [0.4, 0.5) is 11.4 Å². The van der Waals surface area contributed by atoms with Crippen LogP contribution in [-0.4, -0.2) is 13.6 Å². The summed E-state index contributed by atoms with van der Waals surface area (Å²) in [6.45, 7) is 21.2. The van der Waals surface area contributed by atoms with E-state index in [1.165, 1.54) is 88.4 Å². The summed E-state index contributed by atoms with van der Waals surface area (Å²) in [4.78, 5) is 2.74. The first-order valence-electron chi connectivity index (χ1n) is 18.3. The van der Waals surface area contributed by atoms with Crippen molar-refractivity contribution in [3.63, 3.8) is 0 Å². The Bertz CT molecular complexity index is 2490. The summed E-state index contributed by atoms with van der Waals surface area (Å²) >= 11 is 0. The normalized spacial score (nSPS) is 14.9. The predicted molar refractivity (Wildman–Crippen MR) is 216 cm³/mol. The van der Waals surface area contributed by atoms with Gasteiger partial charge in [-0.25, -0.2) is 0 Å². The van der Waals surface area contributed by atoms with Crippen LogP contribution in [0.25, 0.3) is 33.0 Å². The van der Waals surface area contributed by atoms with Crippen molar-refractivity contribution in [1.29, 1.82) is 0 Å². The van der Waals surface area contributed by atoms with Gasteiger partial charge in [0.15, 0.2) is 0 Å². The zero-order chi connectivity index (χ0) is 34.6. The third-order valence-electron chi connectivity index (χ3n) is 11.9. The van der Waals surface area contributed by atoms with Crippen molar-refractivity contribution in [2.45, 2.75) is 78.6 Å². The number of hydrogen-bond acceptors (Lipinski definition) is 2. The number of fused-ring (bicyclic) bond motifs is 10. The molecule has 0 radical (unpaired) electrons. The molecule has 0 N–H and O–H groups in total. The maximum Gasteiger partial charge on any atom is 0.329 e.